The maximum atomic E-state index is 12.0. The van der Waals surface area contributed by atoms with Gasteiger partial charge in [0.15, 0.2) is 0 Å². The molecule has 1 aliphatic rings. The summed E-state index contributed by atoms with van der Waals surface area (Å²) < 4.78 is 11.2. The molecule has 5 heteroatoms. The highest BCUT2D eigenvalue weighted by molar-refractivity contribution is 7.98. The minimum absolute atomic E-state index is 0.211. The summed E-state index contributed by atoms with van der Waals surface area (Å²) in [5.41, 5.74) is -0.437. The number of hydrogen-bond donors (Lipinski definition) is 0. The molecule has 1 rings (SSSR count). The number of amides is 1. The minimum Gasteiger partial charge on any atom is -0.444 e. The molecule has 0 aromatic carbocycles. The van der Waals surface area contributed by atoms with Crippen LogP contribution in [0.3, 0.4) is 0 Å². The van der Waals surface area contributed by atoms with Gasteiger partial charge in [-0.1, -0.05) is 31.7 Å². The first-order chi connectivity index (χ1) is 11.4. The zero-order valence-corrected chi connectivity index (χ0v) is 16.2. The van der Waals surface area contributed by atoms with Crippen LogP contribution in [0.2, 0.25) is 0 Å². The molecule has 0 spiro atoms. The van der Waals surface area contributed by atoms with Crippen molar-refractivity contribution in [2.75, 3.05) is 19.7 Å². The second-order valence-corrected chi connectivity index (χ2v) is 7.77. The van der Waals surface area contributed by atoms with E-state index in [9.17, 15) is 4.79 Å². The molecule has 0 radical (unpaired) electrons. The van der Waals surface area contributed by atoms with E-state index in [2.05, 4.69) is 25.7 Å². The average Bonchev–Trinajstić information content (AvgIpc) is 2.51. The highest BCUT2D eigenvalue weighted by Gasteiger charge is 2.26. The van der Waals surface area contributed by atoms with Crippen LogP contribution in [0, 0.1) is 5.92 Å². The molecule has 24 heavy (non-hydrogen) atoms. The van der Waals surface area contributed by atoms with Crippen LogP contribution >= 0.6 is 12.0 Å². The molecule has 0 aromatic heterocycles. The molecule has 136 valence electrons. The third-order valence-corrected chi connectivity index (χ3v) is 4.24. The third-order valence-electron chi connectivity index (χ3n) is 3.53. The Labute approximate surface area is 151 Å². The van der Waals surface area contributed by atoms with Crippen LogP contribution < -0.4 is 0 Å². The molecule has 1 amide bonds. The SMILES string of the molecule is C=C/C=C(\C=C/CC)SOCC1CCN(C(=O)OC(C)(C)C)CC1. The number of rotatable bonds is 7. The lowest BCUT2D eigenvalue weighted by molar-refractivity contribution is 0.0168. The summed E-state index contributed by atoms with van der Waals surface area (Å²) in [4.78, 5) is 14.9. The largest absolute Gasteiger partial charge is 0.444 e. The van der Waals surface area contributed by atoms with Crippen molar-refractivity contribution in [2.45, 2.75) is 52.6 Å². The smallest absolute Gasteiger partial charge is 0.410 e. The Morgan fingerprint density at radius 3 is 2.54 bits per heavy atom. The van der Waals surface area contributed by atoms with Gasteiger partial charge in [0.25, 0.3) is 0 Å². The number of carbonyl (C=O) groups excluding carboxylic acids is 1. The number of hydrogen-bond acceptors (Lipinski definition) is 4. The molecule has 0 bridgehead atoms. The second kappa shape index (κ2) is 10.6. The summed E-state index contributed by atoms with van der Waals surface area (Å²) >= 11 is 1.39. The van der Waals surface area contributed by atoms with E-state index in [1.54, 1.807) is 11.0 Å². The van der Waals surface area contributed by atoms with Crippen molar-refractivity contribution in [3.05, 3.63) is 35.8 Å². The second-order valence-electron chi connectivity index (χ2n) is 6.89. The number of allylic oxidation sites excluding steroid dienone is 4. The first kappa shape index (κ1) is 20.8. The summed E-state index contributed by atoms with van der Waals surface area (Å²) in [5.74, 6) is 0.483. The molecule has 1 aliphatic heterocycles. The van der Waals surface area contributed by atoms with Crippen molar-refractivity contribution in [2.24, 2.45) is 5.92 Å². The molecule has 0 atom stereocenters. The van der Waals surface area contributed by atoms with Gasteiger partial charge in [-0.25, -0.2) is 4.79 Å². The van der Waals surface area contributed by atoms with Crippen molar-refractivity contribution >= 4 is 18.1 Å². The lowest BCUT2D eigenvalue weighted by Crippen LogP contribution is -2.42. The molecule has 1 heterocycles. The fourth-order valence-corrected chi connectivity index (χ4v) is 2.97. The van der Waals surface area contributed by atoms with Crippen molar-refractivity contribution in [1.29, 1.82) is 0 Å². The molecule has 0 aromatic rings. The Balaban J connectivity index is 2.31. The highest BCUT2D eigenvalue weighted by Crippen LogP contribution is 2.24. The summed E-state index contributed by atoms with van der Waals surface area (Å²) in [6, 6.07) is 0. The summed E-state index contributed by atoms with van der Waals surface area (Å²) in [6.45, 7) is 13.7. The Kier molecular flexibility index (Phi) is 9.22. The molecule has 1 fully saturated rings. The van der Waals surface area contributed by atoms with Crippen LogP contribution in [0.25, 0.3) is 0 Å². The fraction of sp³-hybridized carbons (Fsp3) is 0.632. The number of piperidine rings is 1. The van der Waals surface area contributed by atoms with E-state index in [4.69, 9.17) is 8.92 Å². The van der Waals surface area contributed by atoms with Crippen molar-refractivity contribution < 1.29 is 13.7 Å². The molecule has 0 saturated carbocycles. The molecule has 0 N–H and O–H groups in total. The quantitative estimate of drug-likeness (QED) is 0.458. The topological polar surface area (TPSA) is 38.8 Å². The van der Waals surface area contributed by atoms with Crippen LogP contribution in [0.4, 0.5) is 4.79 Å². The predicted octanol–water partition coefficient (Wildman–Crippen LogP) is 5.33. The molecule has 4 nitrogen and oxygen atoms in total. The third kappa shape index (κ3) is 8.60. The van der Waals surface area contributed by atoms with Gasteiger partial charge in [-0.15, -0.1) is 0 Å². The van der Waals surface area contributed by atoms with Crippen LogP contribution in [-0.4, -0.2) is 36.3 Å². The van der Waals surface area contributed by atoms with E-state index in [0.717, 1.165) is 37.3 Å². The van der Waals surface area contributed by atoms with Gasteiger partial charge in [-0.3, -0.25) is 0 Å². The van der Waals surface area contributed by atoms with Crippen molar-refractivity contribution in [3.63, 3.8) is 0 Å². The first-order valence-electron chi connectivity index (χ1n) is 8.62. The van der Waals surface area contributed by atoms with Gasteiger partial charge >= 0.3 is 6.09 Å². The fourth-order valence-electron chi connectivity index (χ4n) is 2.27. The van der Waals surface area contributed by atoms with Gasteiger partial charge in [0.2, 0.25) is 0 Å². The van der Waals surface area contributed by atoms with Gasteiger partial charge in [0.05, 0.1) is 6.61 Å². The monoisotopic (exact) mass is 353 g/mol. The Bertz CT molecular complexity index is 458. The average molecular weight is 354 g/mol. The van der Waals surface area contributed by atoms with Crippen LogP contribution in [0.1, 0.15) is 47.0 Å². The van der Waals surface area contributed by atoms with Gasteiger partial charge in [0, 0.05) is 30.0 Å². The van der Waals surface area contributed by atoms with Gasteiger partial charge < -0.3 is 13.8 Å². The van der Waals surface area contributed by atoms with E-state index in [-0.39, 0.29) is 6.09 Å². The predicted molar refractivity (Wildman–Crippen MR) is 102 cm³/mol. The van der Waals surface area contributed by atoms with E-state index in [1.165, 1.54) is 12.0 Å². The lowest BCUT2D eigenvalue weighted by atomic mass is 9.98. The van der Waals surface area contributed by atoms with Crippen LogP contribution in [0.5, 0.6) is 0 Å². The Hall–Kier alpha value is -1.20. The molecule has 1 saturated heterocycles. The standard InChI is InChI=1S/C19H31NO3S/c1-6-8-10-17(9-7-2)24-22-15-16-11-13-20(14-12-16)18(21)23-19(3,4)5/h7-10,16H,2,6,11-15H2,1,3-5H3/b10-8-,17-9+. The lowest BCUT2D eigenvalue weighted by Gasteiger charge is -2.33. The maximum absolute atomic E-state index is 12.0. The molecule has 0 aliphatic carbocycles. The number of ether oxygens (including phenoxy) is 1. The first-order valence-corrected chi connectivity index (χ1v) is 9.36. The van der Waals surface area contributed by atoms with Gasteiger partial charge in [0.1, 0.15) is 5.60 Å². The minimum atomic E-state index is -0.437. The highest BCUT2D eigenvalue weighted by atomic mass is 32.2. The Morgan fingerprint density at radius 2 is 2.00 bits per heavy atom. The normalized spacial score (nSPS) is 17.3. The molecular formula is C19H31NO3S. The van der Waals surface area contributed by atoms with Gasteiger partial charge in [-0.2, -0.15) is 0 Å². The Morgan fingerprint density at radius 1 is 1.33 bits per heavy atom. The van der Waals surface area contributed by atoms with Crippen molar-refractivity contribution in [1.82, 2.24) is 4.90 Å². The van der Waals surface area contributed by atoms with E-state index >= 15 is 0 Å². The van der Waals surface area contributed by atoms with Crippen molar-refractivity contribution in [3.8, 4) is 0 Å². The van der Waals surface area contributed by atoms with E-state index in [0.29, 0.717) is 12.5 Å². The number of nitrogens with zero attached hydrogens (tertiary/aromatic N) is 1. The maximum Gasteiger partial charge on any atom is 0.410 e. The molecule has 0 unspecified atom stereocenters. The summed E-state index contributed by atoms with van der Waals surface area (Å²) in [6.07, 6.45) is 10.6. The van der Waals surface area contributed by atoms with E-state index < -0.39 is 5.60 Å². The van der Waals surface area contributed by atoms with Gasteiger partial charge in [-0.05, 0) is 52.0 Å². The van der Waals surface area contributed by atoms with E-state index in [1.807, 2.05) is 26.8 Å². The summed E-state index contributed by atoms with van der Waals surface area (Å²) in [7, 11) is 0. The zero-order chi connectivity index (χ0) is 18.0. The summed E-state index contributed by atoms with van der Waals surface area (Å²) in [5, 5.41) is 0. The number of likely N-dealkylation sites (tertiary alicyclic amines) is 1. The van der Waals surface area contributed by atoms with Crippen LogP contribution in [0.15, 0.2) is 35.8 Å². The van der Waals surface area contributed by atoms with Crippen LogP contribution in [-0.2, 0) is 8.92 Å². The zero-order valence-electron chi connectivity index (χ0n) is 15.4. The molecular weight excluding hydrogens is 322 g/mol. The number of carbonyl (C=O) groups is 1.